The van der Waals surface area contributed by atoms with Crippen molar-refractivity contribution in [2.75, 3.05) is 0 Å². The van der Waals surface area contributed by atoms with Crippen molar-refractivity contribution in [1.29, 1.82) is 0 Å². The van der Waals surface area contributed by atoms with Crippen LogP contribution in [0.15, 0.2) is 0 Å². The molecule has 4 unspecified atom stereocenters. The molecule has 2 aliphatic carbocycles. The highest BCUT2D eigenvalue weighted by Crippen LogP contribution is 2.37. The summed E-state index contributed by atoms with van der Waals surface area (Å²) in [5, 5.41) is 0. The summed E-state index contributed by atoms with van der Waals surface area (Å²) in [5.74, 6) is 0.458. The maximum absolute atomic E-state index is 12.4. The summed E-state index contributed by atoms with van der Waals surface area (Å²) in [6.45, 7) is 4.19. The Morgan fingerprint density at radius 1 is 1.17 bits per heavy atom. The first kappa shape index (κ1) is 13.9. The van der Waals surface area contributed by atoms with Crippen molar-refractivity contribution in [3.05, 3.63) is 0 Å². The molecule has 2 fully saturated rings. The van der Waals surface area contributed by atoms with Gasteiger partial charge in [0.05, 0.1) is 5.41 Å². The lowest BCUT2D eigenvalue weighted by Gasteiger charge is -2.39. The third kappa shape index (κ3) is 2.71. The zero-order valence-electron chi connectivity index (χ0n) is 11.8. The van der Waals surface area contributed by atoms with Crippen molar-refractivity contribution >= 4 is 5.97 Å². The standard InChI is InChI=1S/C15H27NO2/c1-11-7-3-4-8-12(11)18-14(17)15(2)10-6-5-9-13(15)16/h11-13H,3-10,16H2,1-2H3. The summed E-state index contributed by atoms with van der Waals surface area (Å²) >= 11 is 0. The van der Waals surface area contributed by atoms with Gasteiger partial charge in [-0.1, -0.05) is 26.2 Å². The van der Waals surface area contributed by atoms with Crippen molar-refractivity contribution in [2.24, 2.45) is 17.1 Å². The Hall–Kier alpha value is -0.570. The number of esters is 1. The molecule has 0 aromatic carbocycles. The van der Waals surface area contributed by atoms with Gasteiger partial charge in [0.2, 0.25) is 0 Å². The van der Waals surface area contributed by atoms with Crippen molar-refractivity contribution in [1.82, 2.24) is 0 Å². The molecule has 2 N–H and O–H groups in total. The average Bonchev–Trinajstić information content (AvgIpc) is 2.36. The monoisotopic (exact) mass is 253 g/mol. The lowest BCUT2D eigenvalue weighted by molar-refractivity contribution is -0.167. The second kappa shape index (κ2) is 5.60. The Morgan fingerprint density at radius 3 is 2.50 bits per heavy atom. The third-order valence-corrected chi connectivity index (χ3v) is 5.04. The van der Waals surface area contributed by atoms with Gasteiger partial charge < -0.3 is 10.5 Å². The topological polar surface area (TPSA) is 52.3 Å². The Labute approximate surface area is 110 Å². The second-order valence-corrected chi connectivity index (χ2v) is 6.48. The van der Waals surface area contributed by atoms with Gasteiger partial charge >= 0.3 is 5.97 Å². The molecule has 0 spiro atoms. The molecule has 2 rings (SSSR count). The van der Waals surface area contributed by atoms with Gasteiger partial charge in [-0.25, -0.2) is 0 Å². The Morgan fingerprint density at radius 2 is 1.83 bits per heavy atom. The molecule has 0 aromatic rings. The smallest absolute Gasteiger partial charge is 0.313 e. The highest BCUT2D eigenvalue weighted by Gasteiger charge is 2.43. The zero-order chi connectivity index (χ0) is 13.2. The fraction of sp³-hybridized carbons (Fsp3) is 0.933. The fourth-order valence-electron chi connectivity index (χ4n) is 3.34. The van der Waals surface area contributed by atoms with E-state index in [1.54, 1.807) is 0 Å². The van der Waals surface area contributed by atoms with Crippen LogP contribution < -0.4 is 5.73 Å². The van der Waals surface area contributed by atoms with E-state index in [1.165, 1.54) is 19.3 Å². The molecule has 2 saturated carbocycles. The van der Waals surface area contributed by atoms with Crippen molar-refractivity contribution in [3.63, 3.8) is 0 Å². The van der Waals surface area contributed by atoms with Crippen LogP contribution in [0.3, 0.4) is 0 Å². The van der Waals surface area contributed by atoms with Crippen LogP contribution in [0.4, 0.5) is 0 Å². The number of nitrogens with two attached hydrogens (primary N) is 1. The molecule has 0 saturated heterocycles. The van der Waals surface area contributed by atoms with E-state index in [0.717, 1.165) is 32.1 Å². The highest BCUT2D eigenvalue weighted by atomic mass is 16.5. The molecule has 0 heterocycles. The summed E-state index contributed by atoms with van der Waals surface area (Å²) in [6.07, 6.45) is 8.86. The maximum atomic E-state index is 12.4. The zero-order valence-corrected chi connectivity index (χ0v) is 11.8. The van der Waals surface area contributed by atoms with Crippen LogP contribution in [-0.4, -0.2) is 18.1 Å². The highest BCUT2D eigenvalue weighted by molar-refractivity contribution is 5.77. The Balaban J connectivity index is 1.97. The fourth-order valence-corrected chi connectivity index (χ4v) is 3.34. The summed E-state index contributed by atoms with van der Waals surface area (Å²) < 4.78 is 5.80. The number of rotatable bonds is 2. The first-order valence-corrected chi connectivity index (χ1v) is 7.50. The number of carbonyl (C=O) groups is 1. The SMILES string of the molecule is CC1CCCCC1OC(=O)C1(C)CCCCC1N. The maximum Gasteiger partial charge on any atom is 0.313 e. The van der Waals surface area contributed by atoms with Crippen LogP contribution in [0.1, 0.15) is 65.2 Å². The third-order valence-electron chi connectivity index (χ3n) is 5.04. The lowest BCUT2D eigenvalue weighted by Crippen LogP contribution is -2.49. The van der Waals surface area contributed by atoms with Gasteiger partial charge in [-0.3, -0.25) is 4.79 Å². The average molecular weight is 253 g/mol. The van der Waals surface area contributed by atoms with Crippen LogP contribution in [0.2, 0.25) is 0 Å². The van der Waals surface area contributed by atoms with E-state index in [0.29, 0.717) is 5.92 Å². The van der Waals surface area contributed by atoms with E-state index >= 15 is 0 Å². The summed E-state index contributed by atoms with van der Waals surface area (Å²) in [4.78, 5) is 12.4. The molecule has 0 bridgehead atoms. The summed E-state index contributed by atoms with van der Waals surface area (Å²) in [5.41, 5.74) is 5.70. The van der Waals surface area contributed by atoms with Gasteiger partial charge in [-0.2, -0.15) is 0 Å². The number of ether oxygens (including phenoxy) is 1. The van der Waals surface area contributed by atoms with Crippen LogP contribution in [0.25, 0.3) is 0 Å². The minimum absolute atomic E-state index is 0.0300. The van der Waals surface area contributed by atoms with E-state index in [-0.39, 0.29) is 18.1 Å². The predicted molar refractivity (Wildman–Crippen MR) is 72.1 cm³/mol. The molecule has 2 aliphatic rings. The normalized spacial score (nSPS) is 41.4. The molecule has 104 valence electrons. The molecule has 4 atom stereocenters. The predicted octanol–water partition coefficient (Wildman–Crippen LogP) is 3.02. The largest absolute Gasteiger partial charge is 0.462 e. The number of hydrogen-bond donors (Lipinski definition) is 1. The van der Waals surface area contributed by atoms with E-state index in [9.17, 15) is 4.79 Å². The van der Waals surface area contributed by atoms with Crippen molar-refractivity contribution in [3.8, 4) is 0 Å². The van der Waals surface area contributed by atoms with E-state index in [2.05, 4.69) is 6.92 Å². The van der Waals surface area contributed by atoms with Crippen molar-refractivity contribution < 1.29 is 9.53 Å². The van der Waals surface area contributed by atoms with Crippen LogP contribution in [0.5, 0.6) is 0 Å². The van der Waals surface area contributed by atoms with E-state index in [1.807, 2.05) is 6.92 Å². The molecule has 0 amide bonds. The lowest BCUT2D eigenvalue weighted by atomic mass is 9.72. The van der Waals surface area contributed by atoms with Crippen molar-refractivity contribution in [2.45, 2.75) is 77.4 Å². The van der Waals surface area contributed by atoms with Gasteiger partial charge in [-0.05, 0) is 44.9 Å². The number of carbonyl (C=O) groups excluding carboxylic acids is 1. The van der Waals surface area contributed by atoms with Crippen LogP contribution in [0, 0.1) is 11.3 Å². The molecule has 0 radical (unpaired) electrons. The van der Waals surface area contributed by atoms with Crippen LogP contribution in [-0.2, 0) is 9.53 Å². The second-order valence-electron chi connectivity index (χ2n) is 6.48. The summed E-state index contributed by atoms with van der Waals surface area (Å²) in [6, 6.07) is -0.0300. The van der Waals surface area contributed by atoms with E-state index < -0.39 is 5.41 Å². The van der Waals surface area contributed by atoms with Gasteiger partial charge in [-0.15, -0.1) is 0 Å². The molecule has 18 heavy (non-hydrogen) atoms. The molecule has 0 aliphatic heterocycles. The molecule has 0 aromatic heterocycles. The molecule has 3 heteroatoms. The van der Waals surface area contributed by atoms with Gasteiger partial charge in [0, 0.05) is 6.04 Å². The minimum Gasteiger partial charge on any atom is -0.462 e. The van der Waals surface area contributed by atoms with E-state index in [4.69, 9.17) is 10.5 Å². The quantitative estimate of drug-likeness (QED) is 0.770. The molecule has 3 nitrogen and oxygen atoms in total. The van der Waals surface area contributed by atoms with Gasteiger partial charge in [0.1, 0.15) is 6.10 Å². The first-order valence-electron chi connectivity index (χ1n) is 7.50. The summed E-state index contributed by atoms with van der Waals surface area (Å²) in [7, 11) is 0. The minimum atomic E-state index is -0.449. The Bertz CT molecular complexity index is 305. The van der Waals surface area contributed by atoms with Gasteiger partial charge in [0.15, 0.2) is 0 Å². The van der Waals surface area contributed by atoms with Crippen LogP contribution >= 0.6 is 0 Å². The molecular weight excluding hydrogens is 226 g/mol. The van der Waals surface area contributed by atoms with Gasteiger partial charge in [0.25, 0.3) is 0 Å². The number of hydrogen-bond acceptors (Lipinski definition) is 3. The Kier molecular flexibility index (Phi) is 4.31. The first-order chi connectivity index (χ1) is 8.54. The molecular formula is C15H27NO2.